The average molecular weight is 533 g/mol. The zero-order valence-corrected chi connectivity index (χ0v) is 22.3. The summed E-state index contributed by atoms with van der Waals surface area (Å²) in [6.07, 6.45) is 2.07. The molecule has 1 amide bonds. The summed E-state index contributed by atoms with van der Waals surface area (Å²) in [5, 5.41) is 0. The molecule has 0 bridgehead atoms. The fourth-order valence-corrected chi connectivity index (χ4v) is 5.24. The van der Waals surface area contributed by atoms with E-state index >= 15 is 0 Å². The summed E-state index contributed by atoms with van der Waals surface area (Å²) < 4.78 is 15.8. The summed E-state index contributed by atoms with van der Waals surface area (Å²) in [6.45, 7) is 4.96. The zero-order chi connectivity index (χ0) is 27.6. The lowest BCUT2D eigenvalue weighted by Gasteiger charge is -2.34. The molecule has 1 saturated heterocycles. The fraction of sp³-hybridized carbons (Fsp3) is 0.182. The van der Waals surface area contributed by atoms with Crippen molar-refractivity contribution < 1.29 is 14.0 Å². The molecule has 1 aliphatic heterocycles. The second-order valence-electron chi connectivity index (χ2n) is 10.1. The number of benzene rings is 3. The van der Waals surface area contributed by atoms with Crippen LogP contribution < -0.4 is 0 Å². The van der Waals surface area contributed by atoms with Gasteiger partial charge in [-0.15, -0.1) is 0 Å². The van der Waals surface area contributed by atoms with Crippen LogP contribution in [0.25, 0.3) is 28.0 Å². The van der Waals surface area contributed by atoms with Gasteiger partial charge in [-0.05, 0) is 66.6 Å². The first-order valence-corrected chi connectivity index (χ1v) is 13.4. The molecule has 5 aromatic rings. The fourth-order valence-electron chi connectivity index (χ4n) is 5.24. The van der Waals surface area contributed by atoms with Crippen molar-refractivity contribution in [1.82, 2.24) is 19.2 Å². The quantitative estimate of drug-likeness (QED) is 0.253. The highest BCUT2D eigenvalue weighted by molar-refractivity contribution is 5.95. The Morgan fingerprint density at radius 2 is 1.40 bits per heavy atom. The van der Waals surface area contributed by atoms with Gasteiger partial charge in [0.05, 0.1) is 11.4 Å². The molecule has 1 fully saturated rings. The Labute approximate surface area is 232 Å². The Morgan fingerprint density at radius 1 is 0.750 bits per heavy atom. The number of hydrogen-bond donors (Lipinski definition) is 0. The van der Waals surface area contributed by atoms with Gasteiger partial charge in [0.15, 0.2) is 5.78 Å². The van der Waals surface area contributed by atoms with Crippen LogP contribution in [0, 0.1) is 5.82 Å². The third-order valence-electron chi connectivity index (χ3n) is 7.51. The molecule has 0 N–H and O–H groups in total. The Balaban J connectivity index is 1.31. The van der Waals surface area contributed by atoms with Crippen LogP contribution in [-0.2, 0) is 6.54 Å². The van der Waals surface area contributed by atoms with E-state index in [-0.39, 0.29) is 17.5 Å². The van der Waals surface area contributed by atoms with Crippen molar-refractivity contribution in [2.45, 2.75) is 13.5 Å². The molecule has 1 aliphatic rings. The molecule has 7 heteroatoms. The molecule has 0 atom stereocenters. The molecule has 3 heterocycles. The number of imidazole rings is 1. The Hall–Kier alpha value is -4.62. The maximum absolute atomic E-state index is 13.7. The summed E-state index contributed by atoms with van der Waals surface area (Å²) in [7, 11) is 0. The number of carbonyl (C=O) groups is 2. The molecule has 200 valence electrons. The van der Waals surface area contributed by atoms with Gasteiger partial charge in [0.2, 0.25) is 0 Å². The van der Waals surface area contributed by atoms with Crippen molar-refractivity contribution >= 4 is 17.3 Å². The van der Waals surface area contributed by atoms with E-state index in [4.69, 9.17) is 4.98 Å². The van der Waals surface area contributed by atoms with E-state index in [0.717, 1.165) is 46.8 Å². The molecule has 6 rings (SSSR count). The SMILES string of the molecule is CC(=O)c1ccc(-c2ccc3nc(-c4ccc(F)cc4)c(CN4CCN(C(=O)c5ccccc5)CC4)n3c2)cc1. The maximum atomic E-state index is 13.7. The minimum atomic E-state index is -0.287. The zero-order valence-electron chi connectivity index (χ0n) is 22.3. The summed E-state index contributed by atoms with van der Waals surface area (Å²) in [6, 6.07) is 27.4. The Morgan fingerprint density at radius 3 is 2.08 bits per heavy atom. The van der Waals surface area contributed by atoms with Crippen LogP contribution >= 0.6 is 0 Å². The van der Waals surface area contributed by atoms with E-state index in [9.17, 15) is 14.0 Å². The van der Waals surface area contributed by atoms with E-state index in [0.29, 0.717) is 30.8 Å². The van der Waals surface area contributed by atoms with E-state index in [1.165, 1.54) is 12.1 Å². The molecule has 0 unspecified atom stereocenters. The van der Waals surface area contributed by atoms with Gasteiger partial charge < -0.3 is 9.30 Å². The number of hydrogen-bond acceptors (Lipinski definition) is 4. The molecular formula is C33H29FN4O2. The van der Waals surface area contributed by atoms with Crippen LogP contribution in [-0.4, -0.2) is 57.1 Å². The van der Waals surface area contributed by atoms with Crippen LogP contribution in [0.4, 0.5) is 4.39 Å². The second kappa shape index (κ2) is 10.9. The minimum absolute atomic E-state index is 0.0356. The molecule has 40 heavy (non-hydrogen) atoms. The van der Waals surface area contributed by atoms with Gasteiger partial charge >= 0.3 is 0 Å². The second-order valence-corrected chi connectivity index (χ2v) is 10.1. The lowest BCUT2D eigenvalue weighted by molar-refractivity contribution is 0.0626. The first kappa shape index (κ1) is 25.6. The Kier molecular flexibility index (Phi) is 6.97. The van der Waals surface area contributed by atoms with Crippen LogP contribution in [0.1, 0.15) is 33.3 Å². The summed E-state index contributed by atoms with van der Waals surface area (Å²) >= 11 is 0. The van der Waals surface area contributed by atoms with Gasteiger partial charge in [-0.3, -0.25) is 14.5 Å². The number of Topliss-reactive ketones (excluding diaryl/α,β-unsaturated/α-hetero) is 1. The molecule has 6 nitrogen and oxygen atoms in total. The standard InChI is InChI=1S/C33H29FN4O2/c1-23(39)24-7-9-25(10-8-24)28-13-16-31-35-32(26-11-14-29(34)15-12-26)30(38(31)21-28)22-36-17-19-37(20-18-36)33(40)27-5-3-2-4-6-27/h2-16,21H,17-20,22H2,1H3. The predicted octanol–water partition coefficient (Wildman–Crippen LogP) is 5.97. The largest absolute Gasteiger partial charge is 0.336 e. The van der Waals surface area contributed by atoms with Crippen molar-refractivity contribution in [3.63, 3.8) is 0 Å². The lowest BCUT2D eigenvalue weighted by atomic mass is 10.0. The van der Waals surface area contributed by atoms with E-state index in [1.807, 2.05) is 71.6 Å². The van der Waals surface area contributed by atoms with Crippen LogP contribution in [0.2, 0.25) is 0 Å². The van der Waals surface area contributed by atoms with E-state index < -0.39 is 0 Å². The molecule has 0 radical (unpaired) electrons. The number of halogens is 1. The van der Waals surface area contributed by atoms with Gasteiger partial charge in [0.1, 0.15) is 11.5 Å². The van der Waals surface area contributed by atoms with Crippen molar-refractivity contribution in [2.75, 3.05) is 26.2 Å². The molecule has 0 saturated carbocycles. The average Bonchev–Trinajstić information content (AvgIpc) is 3.35. The number of carbonyl (C=O) groups excluding carboxylic acids is 2. The number of rotatable bonds is 6. The number of piperazine rings is 1. The van der Waals surface area contributed by atoms with Crippen LogP contribution in [0.15, 0.2) is 97.2 Å². The molecule has 0 aliphatic carbocycles. The molecule has 2 aromatic heterocycles. The van der Waals surface area contributed by atoms with Gasteiger partial charge in [-0.2, -0.15) is 0 Å². The lowest BCUT2D eigenvalue weighted by Crippen LogP contribution is -2.48. The van der Waals surface area contributed by atoms with Gasteiger partial charge in [-0.1, -0.05) is 42.5 Å². The number of amides is 1. The summed E-state index contributed by atoms with van der Waals surface area (Å²) in [5.74, 6) is -0.194. The molecule has 3 aromatic carbocycles. The van der Waals surface area contributed by atoms with Gasteiger partial charge in [-0.25, -0.2) is 9.37 Å². The highest BCUT2D eigenvalue weighted by Crippen LogP contribution is 2.29. The third kappa shape index (κ3) is 5.16. The van der Waals surface area contributed by atoms with Gasteiger partial charge in [0.25, 0.3) is 5.91 Å². The summed E-state index contributed by atoms with van der Waals surface area (Å²) in [5.41, 5.74) is 6.87. The number of fused-ring (bicyclic) bond motifs is 1. The summed E-state index contributed by atoms with van der Waals surface area (Å²) in [4.78, 5) is 33.8. The van der Waals surface area contributed by atoms with Crippen molar-refractivity contribution in [3.8, 4) is 22.4 Å². The van der Waals surface area contributed by atoms with Crippen molar-refractivity contribution in [2.24, 2.45) is 0 Å². The topological polar surface area (TPSA) is 57.9 Å². The van der Waals surface area contributed by atoms with Crippen LogP contribution in [0.5, 0.6) is 0 Å². The molecule has 0 spiro atoms. The van der Waals surface area contributed by atoms with E-state index in [2.05, 4.69) is 15.5 Å². The molecular weight excluding hydrogens is 503 g/mol. The normalized spacial score (nSPS) is 14.0. The van der Waals surface area contributed by atoms with Gasteiger partial charge in [0, 0.05) is 55.6 Å². The van der Waals surface area contributed by atoms with Crippen LogP contribution in [0.3, 0.4) is 0 Å². The first-order valence-electron chi connectivity index (χ1n) is 13.4. The Bertz CT molecular complexity index is 1670. The van der Waals surface area contributed by atoms with Crippen molar-refractivity contribution in [1.29, 1.82) is 0 Å². The van der Waals surface area contributed by atoms with E-state index in [1.54, 1.807) is 19.1 Å². The highest BCUT2D eigenvalue weighted by Gasteiger charge is 2.24. The number of pyridine rings is 1. The smallest absolute Gasteiger partial charge is 0.253 e. The van der Waals surface area contributed by atoms with Crippen molar-refractivity contribution in [3.05, 3.63) is 120 Å². The monoisotopic (exact) mass is 532 g/mol. The predicted molar refractivity (Wildman–Crippen MR) is 154 cm³/mol. The highest BCUT2D eigenvalue weighted by atomic mass is 19.1. The first-order chi connectivity index (χ1) is 19.5. The number of aromatic nitrogens is 2. The third-order valence-corrected chi connectivity index (χ3v) is 7.51. The maximum Gasteiger partial charge on any atom is 0.253 e. The minimum Gasteiger partial charge on any atom is -0.336 e. The number of nitrogens with zero attached hydrogens (tertiary/aromatic N) is 4. The number of ketones is 1.